The van der Waals surface area contributed by atoms with E-state index in [0.717, 1.165) is 19.3 Å². The molecule has 0 aromatic rings. The Labute approximate surface area is 132 Å². The molecule has 0 unspecified atom stereocenters. The molecule has 122 valence electrons. The Morgan fingerprint density at radius 2 is 1.57 bits per heavy atom. The van der Waals surface area contributed by atoms with Gasteiger partial charge in [-0.05, 0) is 65.1 Å². The van der Waals surface area contributed by atoms with Gasteiger partial charge in [-0.1, -0.05) is 25.9 Å². The van der Waals surface area contributed by atoms with Crippen LogP contribution in [0.5, 0.6) is 0 Å². The van der Waals surface area contributed by atoms with Crippen LogP contribution in [0.2, 0.25) is 18.1 Å². The Balaban J connectivity index is 2.38. The first-order valence-electron chi connectivity index (χ1n) is 8.03. The van der Waals surface area contributed by atoms with Gasteiger partial charge in [-0.15, -0.1) is 0 Å². The molecule has 0 spiro atoms. The Kier molecular flexibility index (Phi) is 5.58. The van der Waals surface area contributed by atoms with E-state index in [0.29, 0.717) is 0 Å². The quantitative estimate of drug-likeness (QED) is 0.586. The van der Waals surface area contributed by atoms with Gasteiger partial charge in [0.1, 0.15) is 0 Å². The summed E-state index contributed by atoms with van der Waals surface area (Å²) in [6.07, 6.45) is 5.28. The van der Waals surface area contributed by atoms with Crippen molar-refractivity contribution < 1.29 is 14.1 Å². The Morgan fingerprint density at radius 1 is 1.10 bits per heavy atom. The van der Waals surface area contributed by atoms with Gasteiger partial charge in [0, 0.05) is 0 Å². The summed E-state index contributed by atoms with van der Waals surface area (Å²) in [7, 11) is -2.33. The van der Waals surface area contributed by atoms with Crippen LogP contribution in [0.15, 0.2) is 12.1 Å². The lowest BCUT2D eigenvalue weighted by molar-refractivity contribution is 0.00578. The average Bonchev–Trinajstić information content (AvgIpc) is 2.45. The van der Waals surface area contributed by atoms with Crippen molar-refractivity contribution in [2.24, 2.45) is 0 Å². The molecule has 0 bridgehead atoms. The third-order valence-corrected chi connectivity index (χ3v) is 8.96. The van der Waals surface area contributed by atoms with Crippen LogP contribution in [0.3, 0.4) is 0 Å². The van der Waals surface area contributed by atoms with Gasteiger partial charge in [0.25, 0.3) is 0 Å². The largest absolute Gasteiger partial charge is 0.486 e. The fourth-order valence-electron chi connectivity index (χ4n) is 2.14. The van der Waals surface area contributed by atoms with Gasteiger partial charge in [-0.25, -0.2) is 0 Å². The Bertz CT molecular complexity index is 367. The first kappa shape index (κ1) is 18.9. The van der Waals surface area contributed by atoms with Crippen LogP contribution in [0.25, 0.3) is 0 Å². The lowest BCUT2D eigenvalue weighted by atomic mass is 9.89. The second-order valence-corrected chi connectivity index (χ2v) is 12.9. The molecule has 21 heavy (non-hydrogen) atoms. The van der Waals surface area contributed by atoms with Crippen molar-refractivity contribution in [3.8, 4) is 0 Å². The first-order valence-corrected chi connectivity index (χ1v) is 11.0. The number of unbranched alkanes of at least 4 members (excludes halogenated alkanes) is 1. The number of allylic oxidation sites excluding steroid dienone is 1. The summed E-state index contributed by atoms with van der Waals surface area (Å²) in [5.74, 6) is 2.02. The second-order valence-electron chi connectivity index (χ2n) is 8.39. The summed E-state index contributed by atoms with van der Waals surface area (Å²) in [6.45, 7) is 16.7. The van der Waals surface area contributed by atoms with E-state index in [9.17, 15) is 4.80 Å². The number of hydrogen-bond donors (Lipinski definition) is 1. The maximum Gasteiger partial charge on any atom is 0.486 e. The fourth-order valence-corrected chi connectivity index (χ4v) is 2.93. The van der Waals surface area contributed by atoms with Crippen molar-refractivity contribution in [3.05, 3.63) is 12.1 Å². The Morgan fingerprint density at radius 3 is 2.00 bits per heavy atom. The van der Waals surface area contributed by atoms with Gasteiger partial charge in [0.05, 0.1) is 11.2 Å². The minimum Gasteiger partial charge on any atom is -0.432 e. The summed E-state index contributed by atoms with van der Waals surface area (Å²) >= 11 is 0. The van der Waals surface area contributed by atoms with E-state index in [1.165, 1.54) is 0 Å². The molecule has 0 saturated carbocycles. The third-order valence-electron chi connectivity index (χ3n) is 5.39. The molecule has 5 heteroatoms. The third kappa shape index (κ3) is 4.68. The molecule has 1 heterocycles. The fraction of sp³-hybridized carbons (Fsp3) is 0.875. The zero-order chi connectivity index (χ0) is 16.5. The van der Waals surface area contributed by atoms with E-state index < -0.39 is 8.32 Å². The Hall–Kier alpha value is -0.0982. The minimum atomic E-state index is -2.08. The number of rotatable bonds is 6. The predicted molar refractivity (Wildman–Crippen MR) is 92.8 cm³/mol. The molecule has 0 aromatic heterocycles. The molecular weight excluding hydrogens is 279 g/mol. The maximum atomic E-state index is 10.3. The van der Waals surface area contributed by atoms with Crippen LogP contribution in [-0.2, 0) is 9.31 Å². The van der Waals surface area contributed by atoms with Gasteiger partial charge in [0.2, 0.25) is 0 Å². The molecule has 0 aliphatic carbocycles. The van der Waals surface area contributed by atoms with Crippen LogP contribution in [0.1, 0.15) is 60.8 Å². The van der Waals surface area contributed by atoms with Crippen LogP contribution < -0.4 is 0 Å². The topological polar surface area (TPSA) is 38.7 Å². The highest BCUT2D eigenvalue weighted by Gasteiger charge is 2.49. The van der Waals surface area contributed by atoms with E-state index in [2.05, 4.69) is 47.6 Å². The van der Waals surface area contributed by atoms with Crippen molar-refractivity contribution in [2.75, 3.05) is 0 Å². The normalized spacial score (nSPS) is 22.2. The molecule has 1 saturated heterocycles. The average molecular weight is 312 g/mol. The molecule has 0 aromatic carbocycles. The SMILES string of the molecule is CC1(C)OB(/C=C/CCCC(C)(C)[Si](C)(C)O)OC1(C)C. The van der Waals surface area contributed by atoms with Gasteiger partial charge in [-0.2, -0.15) is 0 Å². The van der Waals surface area contributed by atoms with Gasteiger partial charge in [0.15, 0.2) is 8.32 Å². The molecule has 1 fully saturated rings. The highest BCUT2D eigenvalue weighted by atomic mass is 28.4. The van der Waals surface area contributed by atoms with Crippen molar-refractivity contribution in [1.82, 2.24) is 0 Å². The zero-order valence-corrected chi connectivity index (χ0v) is 16.1. The van der Waals surface area contributed by atoms with Crippen LogP contribution in [0.4, 0.5) is 0 Å². The maximum absolute atomic E-state index is 10.3. The van der Waals surface area contributed by atoms with Crippen molar-refractivity contribution in [1.29, 1.82) is 0 Å². The lowest BCUT2D eigenvalue weighted by Gasteiger charge is -2.35. The monoisotopic (exact) mass is 312 g/mol. The summed E-state index contributed by atoms with van der Waals surface area (Å²) < 4.78 is 11.8. The predicted octanol–water partition coefficient (Wildman–Crippen LogP) is 4.32. The van der Waals surface area contributed by atoms with E-state index in [1.807, 2.05) is 19.1 Å². The summed E-state index contributed by atoms with van der Waals surface area (Å²) in [5.41, 5.74) is -0.535. The van der Waals surface area contributed by atoms with Gasteiger partial charge < -0.3 is 14.1 Å². The minimum absolute atomic E-state index is 0.0607. The number of hydrogen-bond acceptors (Lipinski definition) is 3. The molecule has 0 radical (unpaired) electrons. The van der Waals surface area contributed by atoms with Crippen LogP contribution >= 0.6 is 0 Å². The molecule has 1 N–H and O–H groups in total. The van der Waals surface area contributed by atoms with Crippen LogP contribution in [0, 0.1) is 0 Å². The smallest absolute Gasteiger partial charge is 0.432 e. The van der Waals surface area contributed by atoms with E-state index in [-0.39, 0.29) is 23.4 Å². The molecule has 3 nitrogen and oxygen atoms in total. The van der Waals surface area contributed by atoms with E-state index >= 15 is 0 Å². The van der Waals surface area contributed by atoms with Gasteiger partial charge in [-0.3, -0.25) is 0 Å². The van der Waals surface area contributed by atoms with Crippen molar-refractivity contribution in [3.63, 3.8) is 0 Å². The van der Waals surface area contributed by atoms with Gasteiger partial charge >= 0.3 is 7.12 Å². The molecule has 0 atom stereocenters. The molecule has 1 aliphatic heterocycles. The van der Waals surface area contributed by atoms with E-state index in [4.69, 9.17) is 9.31 Å². The molecular formula is C16H33BO3Si. The summed E-state index contributed by atoms with van der Waals surface area (Å²) in [5, 5.41) is 0.0607. The highest BCUT2D eigenvalue weighted by molar-refractivity contribution is 6.72. The summed E-state index contributed by atoms with van der Waals surface area (Å²) in [6, 6.07) is 0. The van der Waals surface area contributed by atoms with Crippen molar-refractivity contribution >= 4 is 15.4 Å². The second kappa shape index (κ2) is 6.19. The zero-order valence-electron chi connectivity index (χ0n) is 15.1. The van der Waals surface area contributed by atoms with Crippen LogP contribution in [-0.4, -0.2) is 31.4 Å². The van der Waals surface area contributed by atoms with Crippen molar-refractivity contribution in [2.45, 2.75) is 90.1 Å². The standard InChI is InChI=1S/C16H33BO3Si/c1-14(2,21(7,8)18)12-10-9-11-13-17-19-15(3,4)16(5,6)20-17/h11,13,18H,9-10,12H2,1-8H3/b13-11+. The summed E-state index contributed by atoms with van der Waals surface area (Å²) in [4.78, 5) is 10.3. The molecule has 1 aliphatic rings. The molecule has 0 amide bonds. The lowest BCUT2D eigenvalue weighted by Crippen LogP contribution is -2.41. The molecule has 1 rings (SSSR count). The first-order chi connectivity index (χ1) is 9.29. The highest BCUT2D eigenvalue weighted by Crippen LogP contribution is 2.40. The van der Waals surface area contributed by atoms with E-state index in [1.54, 1.807) is 0 Å².